The molecule has 2 rings (SSSR count). The Morgan fingerprint density at radius 1 is 0.786 bits per heavy atom. The van der Waals surface area contributed by atoms with Crippen LogP contribution in [0.15, 0.2) is 58.5 Å². The van der Waals surface area contributed by atoms with Crippen molar-refractivity contribution in [2.24, 2.45) is 9.98 Å². The van der Waals surface area contributed by atoms with E-state index in [1.807, 2.05) is 5.16 Å². The van der Waals surface area contributed by atoms with Crippen molar-refractivity contribution in [1.29, 1.82) is 0 Å². The predicted molar refractivity (Wildman–Crippen MR) is 112 cm³/mol. The predicted octanol–water partition coefficient (Wildman–Crippen LogP) is 3.76. The van der Waals surface area contributed by atoms with Crippen LogP contribution in [0, 0.1) is 0 Å². The van der Waals surface area contributed by atoms with E-state index >= 15 is 0 Å². The first kappa shape index (κ1) is 21.9. The molecule has 28 heavy (non-hydrogen) atoms. The fourth-order valence-corrected chi connectivity index (χ4v) is 4.78. The molecule has 0 atom stereocenters. The van der Waals surface area contributed by atoms with Gasteiger partial charge in [0.25, 0.3) is 20.2 Å². The molecular formula is C16H10N2O6S4. The fraction of sp³-hybridized carbons (Fsp3) is 0. The number of hydrogen-bond donors (Lipinski definition) is 2. The number of benzene rings is 2. The SMILES string of the molecule is O=S(=O)(O)C(=C(c1cccc(N=C=S)c1N=C=S)S(=O)(=O)O)c1ccccc1. The number of rotatable bonds is 6. The number of thiocarbonyl (C=S) groups is 2. The van der Waals surface area contributed by atoms with E-state index in [2.05, 4.69) is 39.6 Å². The van der Waals surface area contributed by atoms with Crippen LogP contribution in [0.2, 0.25) is 0 Å². The van der Waals surface area contributed by atoms with Crippen molar-refractivity contribution in [1.82, 2.24) is 0 Å². The molecule has 0 aliphatic heterocycles. The van der Waals surface area contributed by atoms with E-state index in [1.165, 1.54) is 36.4 Å². The Morgan fingerprint density at radius 3 is 1.86 bits per heavy atom. The maximum atomic E-state index is 12.2. The lowest BCUT2D eigenvalue weighted by Crippen LogP contribution is -2.11. The van der Waals surface area contributed by atoms with E-state index in [0.29, 0.717) is 0 Å². The van der Waals surface area contributed by atoms with E-state index in [4.69, 9.17) is 0 Å². The number of hydrogen-bond acceptors (Lipinski definition) is 8. The molecule has 0 heterocycles. The minimum atomic E-state index is -5.19. The minimum Gasteiger partial charge on any atom is -0.282 e. The summed E-state index contributed by atoms with van der Waals surface area (Å²) < 4.78 is 68.1. The first-order chi connectivity index (χ1) is 13.1. The molecule has 12 heteroatoms. The van der Waals surface area contributed by atoms with Crippen LogP contribution >= 0.6 is 24.4 Å². The summed E-state index contributed by atoms with van der Waals surface area (Å²) in [4.78, 5) is 5.29. The molecule has 2 aromatic rings. The Morgan fingerprint density at radius 2 is 1.36 bits per heavy atom. The van der Waals surface area contributed by atoms with Crippen molar-refractivity contribution in [2.45, 2.75) is 0 Å². The van der Waals surface area contributed by atoms with E-state index in [1.54, 1.807) is 6.07 Å². The van der Waals surface area contributed by atoms with Crippen molar-refractivity contribution < 1.29 is 25.9 Å². The van der Waals surface area contributed by atoms with Crippen LogP contribution in [0.25, 0.3) is 9.81 Å². The van der Waals surface area contributed by atoms with Gasteiger partial charge in [0.2, 0.25) is 0 Å². The number of aliphatic imine (C=N–C) groups is 2. The summed E-state index contributed by atoms with van der Waals surface area (Å²) in [5.41, 5.74) is -0.810. The highest BCUT2D eigenvalue weighted by Crippen LogP contribution is 2.41. The Bertz CT molecular complexity index is 1260. The van der Waals surface area contributed by atoms with Gasteiger partial charge >= 0.3 is 0 Å². The minimum absolute atomic E-state index is 0.00579. The third-order valence-corrected chi connectivity index (χ3v) is 5.55. The van der Waals surface area contributed by atoms with Crippen LogP contribution in [0.3, 0.4) is 0 Å². The van der Waals surface area contributed by atoms with Crippen LogP contribution in [0.5, 0.6) is 0 Å². The second-order valence-corrected chi connectivity index (χ2v) is 8.14. The normalized spacial score (nSPS) is 12.4. The van der Waals surface area contributed by atoms with Gasteiger partial charge in [-0.3, -0.25) is 9.11 Å². The molecule has 0 aromatic heterocycles. The summed E-state index contributed by atoms with van der Waals surface area (Å²) >= 11 is 9.08. The van der Waals surface area contributed by atoms with Gasteiger partial charge in [0, 0.05) is 5.56 Å². The summed E-state index contributed by atoms with van der Waals surface area (Å²) in [6.45, 7) is 0. The molecule has 0 fully saturated rings. The van der Waals surface area contributed by atoms with Crippen molar-refractivity contribution in [3.05, 3.63) is 59.7 Å². The quantitative estimate of drug-likeness (QED) is 0.292. The highest BCUT2D eigenvalue weighted by Gasteiger charge is 2.32. The second-order valence-electron chi connectivity index (χ2n) is 5.05. The molecule has 2 aromatic carbocycles. The average Bonchev–Trinajstić information content (AvgIpc) is 2.60. The molecule has 0 aliphatic carbocycles. The number of isothiocyanates is 2. The van der Waals surface area contributed by atoms with Crippen LogP contribution in [-0.4, -0.2) is 36.3 Å². The van der Waals surface area contributed by atoms with Gasteiger partial charge in [-0.25, -0.2) is 0 Å². The molecule has 0 saturated heterocycles. The van der Waals surface area contributed by atoms with Gasteiger partial charge in [-0.05, 0) is 36.1 Å². The van der Waals surface area contributed by atoms with Gasteiger partial charge in [-0.2, -0.15) is 26.8 Å². The molecule has 0 amide bonds. The summed E-state index contributed by atoms with van der Waals surface area (Å²) in [6.07, 6.45) is 0. The largest absolute Gasteiger partial charge is 0.296 e. The van der Waals surface area contributed by atoms with Crippen LogP contribution < -0.4 is 0 Å². The second kappa shape index (κ2) is 8.74. The fourth-order valence-electron chi connectivity index (χ4n) is 2.38. The summed E-state index contributed by atoms with van der Waals surface area (Å²) in [5.74, 6) is 0. The van der Waals surface area contributed by atoms with Crippen molar-refractivity contribution in [3.63, 3.8) is 0 Å². The van der Waals surface area contributed by atoms with E-state index < -0.39 is 30.0 Å². The third kappa shape index (κ3) is 4.90. The van der Waals surface area contributed by atoms with Gasteiger partial charge in [-0.15, -0.1) is 0 Å². The van der Waals surface area contributed by atoms with Crippen LogP contribution in [0.1, 0.15) is 11.1 Å². The first-order valence-electron chi connectivity index (χ1n) is 7.15. The Kier molecular flexibility index (Phi) is 6.83. The maximum Gasteiger partial charge on any atom is 0.296 e. The molecule has 0 unspecified atom stereocenters. The molecule has 0 radical (unpaired) electrons. The zero-order valence-electron chi connectivity index (χ0n) is 13.7. The lowest BCUT2D eigenvalue weighted by Gasteiger charge is -2.14. The van der Waals surface area contributed by atoms with Crippen LogP contribution in [0.4, 0.5) is 11.4 Å². The maximum absolute atomic E-state index is 12.2. The standard InChI is InChI=1S/C16H10N2O6S4/c19-27(20,21)15(11-5-2-1-3-6-11)16(28(22,23)24)12-7-4-8-13(17-9-25)14(12)18-10-26/h1-8H,(H,19,20,21)(H,22,23,24). The van der Waals surface area contributed by atoms with Gasteiger partial charge in [0.1, 0.15) is 21.2 Å². The zero-order chi connectivity index (χ0) is 20.9. The van der Waals surface area contributed by atoms with Gasteiger partial charge < -0.3 is 0 Å². The molecule has 0 aliphatic rings. The molecule has 2 N–H and O–H groups in total. The topological polar surface area (TPSA) is 133 Å². The Balaban J connectivity index is 3.17. The Hall–Kier alpha value is -2.40. The van der Waals surface area contributed by atoms with Gasteiger partial charge in [-0.1, -0.05) is 42.5 Å². The van der Waals surface area contributed by atoms with Crippen molar-refractivity contribution in [3.8, 4) is 0 Å². The highest BCUT2D eigenvalue weighted by atomic mass is 32.2. The molecule has 0 spiro atoms. The van der Waals surface area contributed by atoms with E-state index in [9.17, 15) is 25.9 Å². The lowest BCUT2D eigenvalue weighted by molar-refractivity contribution is 0.491. The summed E-state index contributed by atoms with van der Waals surface area (Å²) in [5, 5.41) is 4.09. The van der Waals surface area contributed by atoms with E-state index in [0.717, 1.165) is 6.07 Å². The highest BCUT2D eigenvalue weighted by molar-refractivity contribution is 8.01. The van der Waals surface area contributed by atoms with Gasteiger partial charge in [0.05, 0.1) is 10.3 Å². The molecule has 0 saturated carbocycles. The number of nitrogens with zero attached hydrogens (tertiary/aromatic N) is 2. The van der Waals surface area contributed by atoms with Crippen molar-refractivity contribution in [2.75, 3.05) is 0 Å². The Labute approximate surface area is 171 Å². The lowest BCUT2D eigenvalue weighted by atomic mass is 10.1. The summed E-state index contributed by atoms with van der Waals surface area (Å²) in [6, 6.07) is 10.7. The van der Waals surface area contributed by atoms with Crippen molar-refractivity contribution >= 4 is 76.2 Å². The van der Waals surface area contributed by atoms with Gasteiger partial charge in [0.15, 0.2) is 0 Å². The molecule has 8 nitrogen and oxygen atoms in total. The molecular weight excluding hydrogens is 444 g/mol. The summed E-state index contributed by atoms with van der Waals surface area (Å²) in [7, 11) is -10.3. The zero-order valence-corrected chi connectivity index (χ0v) is 16.9. The van der Waals surface area contributed by atoms with E-state index in [-0.39, 0.29) is 22.5 Å². The average molecular weight is 455 g/mol. The third-order valence-electron chi connectivity index (χ3n) is 3.34. The first-order valence-corrected chi connectivity index (χ1v) is 10.8. The molecule has 0 bridgehead atoms. The monoisotopic (exact) mass is 454 g/mol. The van der Waals surface area contributed by atoms with Crippen LogP contribution in [-0.2, 0) is 20.2 Å². The smallest absolute Gasteiger partial charge is 0.282 e. The number of para-hydroxylation sites is 1. The molecule has 144 valence electrons.